The Balaban J connectivity index is 1.21. The van der Waals surface area contributed by atoms with Crippen molar-refractivity contribution >= 4 is 28.9 Å². The van der Waals surface area contributed by atoms with E-state index in [0.29, 0.717) is 49.8 Å². The lowest BCUT2D eigenvalue weighted by Gasteiger charge is -2.53. The Labute approximate surface area is 264 Å². The summed E-state index contributed by atoms with van der Waals surface area (Å²) in [5.74, 6) is 1.61. The number of carboxylic acid groups (broad SMARTS) is 1. The Morgan fingerprint density at radius 2 is 1.93 bits per heavy atom. The second kappa shape index (κ2) is 11.9. The number of carboxylic acids is 1. The van der Waals surface area contributed by atoms with E-state index in [4.69, 9.17) is 23.9 Å². The van der Waals surface area contributed by atoms with Crippen LogP contribution in [0, 0.1) is 6.92 Å². The number of thiophene rings is 1. The lowest BCUT2D eigenvalue weighted by atomic mass is 9.90. The van der Waals surface area contributed by atoms with Crippen LogP contribution < -0.4 is 19.3 Å². The van der Waals surface area contributed by atoms with Gasteiger partial charge in [-0.15, -0.1) is 11.3 Å². The number of aryl methyl sites for hydroxylation is 1. The normalized spacial score (nSPS) is 22.3. The topological polar surface area (TPSA) is 132 Å². The number of carbonyl (C=O) groups is 1. The molecule has 6 heterocycles. The summed E-state index contributed by atoms with van der Waals surface area (Å²) in [4.78, 5) is 35.8. The lowest BCUT2D eigenvalue weighted by Crippen LogP contribution is -2.68. The van der Waals surface area contributed by atoms with Crippen LogP contribution >= 0.6 is 11.3 Å². The van der Waals surface area contributed by atoms with Gasteiger partial charge in [0.1, 0.15) is 35.0 Å². The predicted octanol–water partition coefficient (Wildman–Crippen LogP) is 4.08. The smallest absolute Gasteiger partial charge is 0.326 e. The number of hydrogen-bond acceptors (Lipinski definition) is 12. The standard InChI is InChI=1S/C32H34N6O6S/c1-19-32(17-42-18-32)43-11-10-37(19)25-13-22(21-6-8-23(41-3)9-7-21)15-33-29(25)44-24-14-26(30(39)40)38(16-24)31-35-20(2)34-28(36-31)27-5-4-12-45-27/h4-9,12-13,15,19,24,26H,10-11,14,16-18H2,1-3H3,(H,39,40)/t19-,24-,26-/m0/s1. The van der Waals surface area contributed by atoms with Gasteiger partial charge in [-0.2, -0.15) is 9.97 Å². The first kappa shape index (κ1) is 29.4. The fourth-order valence-corrected chi connectivity index (χ4v) is 6.85. The molecule has 0 amide bonds. The molecule has 0 unspecified atom stereocenters. The van der Waals surface area contributed by atoms with Crippen molar-refractivity contribution in [3.8, 4) is 33.5 Å². The zero-order chi connectivity index (χ0) is 31.1. The molecule has 3 atom stereocenters. The summed E-state index contributed by atoms with van der Waals surface area (Å²) in [5.41, 5.74) is 2.35. The maximum Gasteiger partial charge on any atom is 0.326 e. The molecule has 1 aromatic carbocycles. The zero-order valence-corrected chi connectivity index (χ0v) is 26.1. The van der Waals surface area contributed by atoms with Crippen LogP contribution in [0.2, 0.25) is 0 Å². The van der Waals surface area contributed by atoms with E-state index in [1.807, 2.05) is 41.8 Å². The first-order chi connectivity index (χ1) is 21.8. The Hall–Kier alpha value is -4.33. The van der Waals surface area contributed by atoms with E-state index in [1.54, 1.807) is 25.1 Å². The van der Waals surface area contributed by atoms with Crippen molar-refractivity contribution in [2.24, 2.45) is 0 Å². The number of ether oxygens (including phenoxy) is 4. The second-order valence-electron chi connectivity index (χ2n) is 11.5. The summed E-state index contributed by atoms with van der Waals surface area (Å²) in [7, 11) is 1.64. The van der Waals surface area contributed by atoms with Gasteiger partial charge in [0.15, 0.2) is 5.82 Å². The quantitative estimate of drug-likeness (QED) is 0.301. The Bertz CT molecular complexity index is 1680. The molecule has 1 spiro atoms. The summed E-state index contributed by atoms with van der Waals surface area (Å²) in [6.45, 7) is 6.46. The number of hydrogen-bond donors (Lipinski definition) is 1. The van der Waals surface area contributed by atoms with Crippen molar-refractivity contribution in [2.45, 2.75) is 44.1 Å². The molecular weight excluding hydrogens is 596 g/mol. The van der Waals surface area contributed by atoms with E-state index in [0.717, 1.165) is 27.4 Å². The van der Waals surface area contributed by atoms with Gasteiger partial charge in [-0.1, -0.05) is 18.2 Å². The van der Waals surface area contributed by atoms with E-state index in [9.17, 15) is 9.90 Å². The molecule has 3 fully saturated rings. The highest BCUT2D eigenvalue weighted by atomic mass is 32.1. The van der Waals surface area contributed by atoms with E-state index in [-0.39, 0.29) is 24.6 Å². The average molecular weight is 631 g/mol. The maximum atomic E-state index is 12.5. The van der Waals surface area contributed by atoms with Crippen LogP contribution in [-0.2, 0) is 14.3 Å². The summed E-state index contributed by atoms with van der Waals surface area (Å²) in [6, 6.07) is 12.9. The fourth-order valence-electron chi connectivity index (χ4n) is 6.19. The lowest BCUT2D eigenvalue weighted by molar-refractivity contribution is -0.228. The van der Waals surface area contributed by atoms with Gasteiger partial charge in [0, 0.05) is 24.7 Å². The van der Waals surface area contributed by atoms with Gasteiger partial charge in [-0.25, -0.2) is 14.8 Å². The Morgan fingerprint density at radius 3 is 2.62 bits per heavy atom. The summed E-state index contributed by atoms with van der Waals surface area (Å²) in [6.07, 6.45) is 1.56. The molecular formula is C32H34N6O6S. The third-order valence-electron chi connectivity index (χ3n) is 8.77. The predicted molar refractivity (Wildman–Crippen MR) is 168 cm³/mol. The van der Waals surface area contributed by atoms with E-state index >= 15 is 0 Å². The molecule has 0 bridgehead atoms. The van der Waals surface area contributed by atoms with Gasteiger partial charge in [0.05, 0.1) is 44.4 Å². The number of pyridine rings is 1. The third-order valence-corrected chi connectivity index (χ3v) is 9.63. The molecule has 3 aliphatic heterocycles. The van der Waals surface area contributed by atoms with Crippen LogP contribution in [0.5, 0.6) is 11.6 Å². The minimum Gasteiger partial charge on any atom is -0.497 e. The van der Waals surface area contributed by atoms with Gasteiger partial charge < -0.3 is 33.9 Å². The van der Waals surface area contributed by atoms with Crippen molar-refractivity contribution in [3.63, 3.8) is 0 Å². The number of rotatable bonds is 8. The molecule has 0 radical (unpaired) electrons. The van der Waals surface area contributed by atoms with Crippen LogP contribution in [-0.4, -0.2) is 94.8 Å². The Morgan fingerprint density at radius 1 is 1.11 bits per heavy atom. The van der Waals surface area contributed by atoms with Crippen LogP contribution in [0.15, 0.2) is 54.0 Å². The monoisotopic (exact) mass is 630 g/mol. The molecule has 7 rings (SSSR count). The van der Waals surface area contributed by atoms with Crippen molar-refractivity contribution in [2.75, 3.05) is 49.8 Å². The Kier molecular flexibility index (Phi) is 7.76. The molecule has 3 saturated heterocycles. The largest absolute Gasteiger partial charge is 0.497 e. The van der Waals surface area contributed by atoms with Crippen LogP contribution in [0.25, 0.3) is 21.8 Å². The van der Waals surface area contributed by atoms with Gasteiger partial charge in [0.25, 0.3) is 0 Å². The van der Waals surface area contributed by atoms with Gasteiger partial charge in [-0.05, 0) is 49.1 Å². The second-order valence-corrected chi connectivity index (χ2v) is 12.5. The number of benzene rings is 1. The molecule has 13 heteroatoms. The minimum atomic E-state index is -0.964. The van der Waals surface area contributed by atoms with Gasteiger partial charge in [-0.3, -0.25) is 0 Å². The summed E-state index contributed by atoms with van der Waals surface area (Å²) in [5, 5.41) is 12.2. The highest BCUT2D eigenvalue weighted by Gasteiger charge is 2.50. The van der Waals surface area contributed by atoms with Crippen LogP contribution in [0.4, 0.5) is 11.6 Å². The average Bonchev–Trinajstić information content (AvgIpc) is 3.72. The number of aliphatic carboxylic acids is 1. The molecule has 3 aliphatic rings. The number of nitrogens with zero attached hydrogens (tertiary/aromatic N) is 6. The maximum absolute atomic E-state index is 12.5. The highest BCUT2D eigenvalue weighted by Crippen LogP contribution is 2.41. The SMILES string of the molecule is COc1ccc(-c2cnc(O[C@H]3C[C@@H](C(=O)O)N(c4nc(C)nc(-c5cccs5)n4)C3)c(N3CCOC4(COC4)[C@@H]3C)c2)cc1. The zero-order valence-electron chi connectivity index (χ0n) is 25.3. The summed E-state index contributed by atoms with van der Waals surface area (Å²) < 4.78 is 23.7. The minimum absolute atomic E-state index is 0.00554. The molecule has 234 valence electrons. The first-order valence-electron chi connectivity index (χ1n) is 14.9. The number of methoxy groups -OCH3 is 1. The molecule has 12 nitrogen and oxygen atoms in total. The number of aromatic nitrogens is 4. The fraction of sp³-hybridized carbons (Fsp3) is 0.406. The summed E-state index contributed by atoms with van der Waals surface area (Å²) >= 11 is 1.52. The van der Waals surface area contributed by atoms with Crippen molar-refractivity contribution < 1.29 is 28.8 Å². The molecule has 45 heavy (non-hydrogen) atoms. The van der Waals surface area contributed by atoms with Crippen molar-refractivity contribution in [1.82, 2.24) is 19.9 Å². The van der Waals surface area contributed by atoms with Crippen LogP contribution in [0.3, 0.4) is 0 Å². The van der Waals surface area contributed by atoms with Crippen molar-refractivity contribution in [3.05, 3.63) is 59.9 Å². The number of anilines is 2. The number of morpholine rings is 1. The third kappa shape index (κ3) is 5.55. The molecule has 0 saturated carbocycles. The van der Waals surface area contributed by atoms with Crippen LogP contribution in [0.1, 0.15) is 19.2 Å². The van der Waals surface area contributed by atoms with E-state index < -0.39 is 18.1 Å². The first-order valence-corrected chi connectivity index (χ1v) is 15.8. The van der Waals surface area contributed by atoms with E-state index in [1.165, 1.54) is 11.3 Å². The van der Waals surface area contributed by atoms with Gasteiger partial charge in [0.2, 0.25) is 11.8 Å². The molecule has 3 aromatic heterocycles. The molecule has 1 N–H and O–H groups in total. The molecule has 0 aliphatic carbocycles. The van der Waals surface area contributed by atoms with E-state index in [2.05, 4.69) is 32.8 Å². The highest BCUT2D eigenvalue weighted by molar-refractivity contribution is 7.13. The van der Waals surface area contributed by atoms with Gasteiger partial charge >= 0.3 is 5.97 Å². The molecule has 4 aromatic rings. The van der Waals surface area contributed by atoms with Crippen molar-refractivity contribution in [1.29, 1.82) is 0 Å².